The lowest BCUT2D eigenvalue weighted by Crippen LogP contribution is -2.65. The Morgan fingerprint density at radius 2 is 1.73 bits per heavy atom. The Hall–Kier alpha value is -5.18. The molecule has 0 unspecified atom stereocenters. The van der Waals surface area contributed by atoms with Crippen molar-refractivity contribution in [2.45, 2.75) is 31.0 Å². The molecule has 0 radical (unpaired) electrons. The number of anilines is 2. The molecule has 2 heterocycles. The lowest BCUT2D eigenvalue weighted by molar-refractivity contribution is -0.153. The van der Waals surface area contributed by atoms with Gasteiger partial charge in [0.2, 0.25) is 5.78 Å². The van der Waals surface area contributed by atoms with E-state index in [1.54, 1.807) is 44.4 Å². The SMILES string of the molecule is CN(C)c1cc(-c2ccc(CN3CCN(c4ccccc4F)CC3)o2)c(O)c2c1C[C@H]1C[C@H]3[C@H](N(C)C)C(=O)C(C(N)=O)=C(O)[C@]3(O)C(=O)C1=C2O. The second kappa shape index (κ2) is 12.8. The van der Waals surface area contributed by atoms with Crippen LogP contribution >= 0.6 is 0 Å². The number of nitrogens with two attached hydrogens (primary N) is 1. The maximum absolute atomic E-state index is 14.3. The highest BCUT2D eigenvalue weighted by atomic mass is 19.1. The first-order valence-electron chi connectivity index (χ1n) is 17.2. The number of benzene rings is 2. The molecular weight excluding hydrogens is 673 g/mol. The summed E-state index contributed by atoms with van der Waals surface area (Å²) in [6.45, 7) is 3.11. The minimum absolute atomic E-state index is 0.00274. The molecule has 2 fully saturated rings. The number of piperazine rings is 1. The van der Waals surface area contributed by atoms with Crippen molar-refractivity contribution >= 4 is 34.6 Å². The third-order valence-electron chi connectivity index (χ3n) is 11.1. The first-order chi connectivity index (χ1) is 24.6. The largest absolute Gasteiger partial charge is 0.508 e. The molecule has 14 heteroatoms. The summed E-state index contributed by atoms with van der Waals surface area (Å²) in [4.78, 5) is 47.5. The normalized spacial score (nSPS) is 25.0. The fourth-order valence-electron chi connectivity index (χ4n) is 8.56. The van der Waals surface area contributed by atoms with E-state index in [4.69, 9.17) is 10.2 Å². The van der Waals surface area contributed by atoms with E-state index in [9.17, 15) is 39.2 Å². The Morgan fingerprint density at radius 3 is 2.37 bits per heavy atom. The van der Waals surface area contributed by atoms with E-state index < -0.39 is 58.0 Å². The molecular formula is C38H42FN5O8. The Bertz CT molecular complexity index is 2060. The van der Waals surface area contributed by atoms with Gasteiger partial charge in [-0.15, -0.1) is 0 Å². The molecule has 52 heavy (non-hydrogen) atoms. The van der Waals surface area contributed by atoms with Gasteiger partial charge in [0.25, 0.3) is 5.91 Å². The van der Waals surface area contributed by atoms with E-state index in [2.05, 4.69) is 4.90 Å². The average molecular weight is 716 g/mol. The zero-order chi connectivity index (χ0) is 37.4. The van der Waals surface area contributed by atoms with Gasteiger partial charge in [0.05, 0.1) is 29.4 Å². The van der Waals surface area contributed by atoms with Crippen molar-refractivity contribution < 1.29 is 43.6 Å². The molecule has 7 rings (SSSR count). The van der Waals surface area contributed by atoms with Crippen molar-refractivity contribution in [1.29, 1.82) is 0 Å². The van der Waals surface area contributed by atoms with Crippen molar-refractivity contribution in [3.63, 3.8) is 0 Å². The monoisotopic (exact) mass is 715 g/mol. The number of phenolic OH excluding ortho intramolecular Hbond substituents is 1. The second-order valence-electron chi connectivity index (χ2n) is 14.5. The van der Waals surface area contributed by atoms with Gasteiger partial charge in [-0.25, -0.2) is 4.39 Å². The number of aliphatic hydroxyl groups is 3. The van der Waals surface area contributed by atoms with Crippen LogP contribution in [0.5, 0.6) is 5.75 Å². The molecule has 0 spiro atoms. The molecule has 1 saturated heterocycles. The van der Waals surface area contributed by atoms with Crippen LogP contribution in [0.4, 0.5) is 15.8 Å². The first-order valence-corrected chi connectivity index (χ1v) is 17.2. The van der Waals surface area contributed by atoms with Crippen LogP contribution in [0.3, 0.4) is 0 Å². The molecule has 13 nitrogen and oxygen atoms in total. The van der Waals surface area contributed by atoms with Crippen LogP contribution in [0, 0.1) is 17.7 Å². The summed E-state index contributed by atoms with van der Waals surface area (Å²) in [6, 6.07) is 10.8. The maximum Gasteiger partial charge on any atom is 0.255 e. The Labute approximate surface area is 299 Å². The van der Waals surface area contributed by atoms with E-state index in [1.165, 1.54) is 11.0 Å². The minimum atomic E-state index is -2.72. The quantitative estimate of drug-likeness (QED) is 0.226. The summed E-state index contributed by atoms with van der Waals surface area (Å²) in [7, 11) is 6.74. The number of primary amides is 1. The van der Waals surface area contributed by atoms with Crippen LogP contribution in [0.15, 0.2) is 63.8 Å². The maximum atomic E-state index is 14.3. The smallest absolute Gasteiger partial charge is 0.255 e. The number of hydrogen-bond acceptors (Lipinski definition) is 12. The molecule has 1 aliphatic heterocycles. The zero-order valence-corrected chi connectivity index (χ0v) is 29.4. The van der Waals surface area contributed by atoms with Gasteiger partial charge >= 0.3 is 0 Å². The molecule has 3 aliphatic carbocycles. The summed E-state index contributed by atoms with van der Waals surface area (Å²) in [5, 5.41) is 46.7. The van der Waals surface area contributed by atoms with Crippen molar-refractivity contribution in [2.75, 3.05) is 64.2 Å². The van der Waals surface area contributed by atoms with Crippen LogP contribution in [0.2, 0.25) is 0 Å². The Morgan fingerprint density at radius 1 is 1.04 bits per heavy atom. The van der Waals surface area contributed by atoms with Gasteiger partial charge in [-0.2, -0.15) is 0 Å². The van der Waals surface area contributed by atoms with E-state index >= 15 is 0 Å². The average Bonchev–Trinajstić information content (AvgIpc) is 3.54. The van der Waals surface area contributed by atoms with Gasteiger partial charge in [0, 0.05) is 57.5 Å². The Kier molecular flexibility index (Phi) is 8.67. The number of furan rings is 1. The molecule has 4 aliphatic rings. The number of carbonyl (C=O) groups excluding carboxylic acids is 3. The van der Waals surface area contributed by atoms with E-state index in [1.807, 2.05) is 30.0 Å². The third-order valence-corrected chi connectivity index (χ3v) is 11.1. The number of ketones is 2. The molecule has 3 aromatic rings. The van der Waals surface area contributed by atoms with Crippen LogP contribution in [-0.2, 0) is 27.3 Å². The molecule has 0 bridgehead atoms. The van der Waals surface area contributed by atoms with Crippen LogP contribution in [-0.4, -0.2) is 114 Å². The number of carbonyl (C=O) groups is 3. The molecule has 1 aromatic heterocycles. The van der Waals surface area contributed by atoms with Crippen molar-refractivity contribution in [1.82, 2.24) is 9.80 Å². The minimum Gasteiger partial charge on any atom is -0.508 e. The molecule has 4 atom stereocenters. The predicted octanol–water partition coefficient (Wildman–Crippen LogP) is 2.75. The standard InChI is InChI=1S/C38H42FN5O8/c1-41(2)26-17-22(27-10-9-20(52-27)18-43-11-13-44(14-12-43)25-8-6-5-7-24(25)39)32(45)29-21(26)15-19-16-23-31(42(3)4)34(47)30(37(40)50)36(49)38(23,51)35(48)28(19)33(29)46/h5-10,17,19,23,31,45-46,49,51H,11-16,18H2,1-4H3,(H2,40,50)/t19-,23-,31-,38+/m0/s1. The lowest BCUT2D eigenvalue weighted by atomic mass is 9.57. The number of likely N-dealkylation sites (N-methyl/N-ethyl adjacent to an activating group) is 1. The second-order valence-corrected chi connectivity index (χ2v) is 14.5. The highest BCUT2D eigenvalue weighted by Crippen LogP contribution is 2.55. The summed E-state index contributed by atoms with van der Waals surface area (Å²) in [5.41, 5.74) is 3.65. The highest BCUT2D eigenvalue weighted by molar-refractivity contribution is 6.24. The summed E-state index contributed by atoms with van der Waals surface area (Å²) >= 11 is 0. The number of fused-ring (bicyclic) bond motifs is 3. The molecule has 274 valence electrons. The predicted molar refractivity (Wildman–Crippen MR) is 190 cm³/mol. The summed E-state index contributed by atoms with van der Waals surface area (Å²) in [6.07, 6.45) is 0.162. The number of hydrogen-bond donors (Lipinski definition) is 5. The van der Waals surface area contributed by atoms with Crippen molar-refractivity contribution in [3.05, 3.63) is 82.1 Å². The number of halogens is 1. The molecule has 2 aromatic carbocycles. The van der Waals surface area contributed by atoms with Crippen molar-refractivity contribution in [2.24, 2.45) is 17.6 Å². The summed E-state index contributed by atoms with van der Waals surface area (Å²) < 4.78 is 20.6. The van der Waals surface area contributed by atoms with Gasteiger partial charge in [0.1, 0.15) is 40.2 Å². The number of para-hydroxylation sites is 1. The Balaban J connectivity index is 1.23. The number of phenols is 1. The molecule has 6 N–H and O–H groups in total. The van der Waals surface area contributed by atoms with Crippen molar-refractivity contribution in [3.8, 4) is 17.1 Å². The van der Waals surface area contributed by atoms with Gasteiger partial charge in [0.15, 0.2) is 11.4 Å². The summed E-state index contributed by atoms with van der Waals surface area (Å²) in [5.74, 6) is -6.36. The van der Waals surface area contributed by atoms with E-state index in [0.717, 1.165) is 0 Å². The van der Waals surface area contributed by atoms with Gasteiger partial charge < -0.3 is 40.4 Å². The topological polar surface area (TPSA) is 184 Å². The fraction of sp³-hybridized carbons (Fsp3) is 0.395. The van der Waals surface area contributed by atoms with Gasteiger partial charge in [-0.3, -0.25) is 24.2 Å². The number of aromatic hydroxyl groups is 1. The number of nitrogens with zero attached hydrogens (tertiary/aromatic N) is 4. The molecule has 1 saturated carbocycles. The highest BCUT2D eigenvalue weighted by Gasteiger charge is 2.64. The van der Waals surface area contributed by atoms with Gasteiger partial charge in [-0.1, -0.05) is 12.1 Å². The first kappa shape index (κ1) is 35.2. The molecule has 1 amide bonds. The zero-order valence-electron chi connectivity index (χ0n) is 29.4. The van der Waals surface area contributed by atoms with E-state index in [0.29, 0.717) is 61.2 Å². The van der Waals surface area contributed by atoms with Gasteiger partial charge in [-0.05, 0) is 68.8 Å². The van der Waals surface area contributed by atoms with Crippen LogP contribution < -0.4 is 15.5 Å². The lowest BCUT2D eigenvalue weighted by Gasteiger charge is -2.50. The number of amides is 1. The third kappa shape index (κ3) is 5.35. The number of aliphatic hydroxyl groups excluding tert-OH is 2. The van der Waals surface area contributed by atoms with E-state index in [-0.39, 0.29) is 41.1 Å². The fourth-order valence-corrected chi connectivity index (χ4v) is 8.56. The van der Waals surface area contributed by atoms with Crippen LogP contribution in [0.1, 0.15) is 23.3 Å². The number of Topliss-reactive ketones (excluding diaryl/α,β-unsaturated/α-hetero) is 2. The van der Waals surface area contributed by atoms with Crippen LogP contribution in [0.25, 0.3) is 17.1 Å². The number of rotatable bonds is 7.